The molecule has 0 saturated heterocycles. The van der Waals surface area contributed by atoms with Gasteiger partial charge in [-0.3, -0.25) is 14.4 Å². The molecule has 0 spiro atoms. The number of esters is 3. The van der Waals surface area contributed by atoms with Crippen LogP contribution in [0.1, 0.15) is 213 Å². The Morgan fingerprint density at radius 3 is 1.05 bits per heavy atom. The van der Waals surface area contributed by atoms with E-state index < -0.39 is 6.10 Å². The predicted molar refractivity (Wildman–Crippen MR) is 279 cm³/mol. The summed E-state index contributed by atoms with van der Waals surface area (Å²) in [5.41, 5.74) is 0. The van der Waals surface area contributed by atoms with Gasteiger partial charge in [0.15, 0.2) is 6.10 Å². The number of unbranched alkanes of at least 4 members (excludes halogenated alkanes) is 14. The lowest BCUT2D eigenvalue weighted by molar-refractivity contribution is -0.166. The Hall–Kier alpha value is -4.19. The summed E-state index contributed by atoms with van der Waals surface area (Å²) in [6.07, 6.45) is 71.9. The smallest absolute Gasteiger partial charge is 0.306 e. The van der Waals surface area contributed by atoms with Crippen LogP contribution in [0.15, 0.2) is 122 Å². The molecule has 0 aromatic heterocycles. The van der Waals surface area contributed by atoms with E-state index in [9.17, 15) is 14.4 Å². The molecule has 0 aromatic rings. The summed E-state index contributed by atoms with van der Waals surface area (Å²) in [6.45, 7) is 6.28. The van der Waals surface area contributed by atoms with Crippen LogP contribution in [0, 0.1) is 0 Å². The minimum atomic E-state index is -0.820. The molecule has 0 aliphatic heterocycles. The van der Waals surface area contributed by atoms with Crippen LogP contribution in [0.25, 0.3) is 0 Å². The third kappa shape index (κ3) is 50.7. The zero-order valence-corrected chi connectivity index (χ0v) is 41.7. The van der Waals surface area contributed by atoms with Gasteiger partial charge >= 0.3 is 17.9 Å². The van der Waals surface area contributed by atoms with E-state index >= 15 is 0 Å². The highest BCUT2D eigenvalue weighted by Crippen LogP contribution is 2.13. The molecule has 0 bridgehead atoms. The van der Waals surface area contributed by atoms with Crippen LogP contribution in [-0.4, -0.2) is 37.2 Å². The molecule has 0 fully saturated rings. The standard InChI is InChI=1S/C59H94O6/c1-4-7-10-13-16-19-22-24-26-28-29-31-32-34-37-40-43-46-49-52-58(61)64-55-56(54-63-57(60)51-48-45-42-39-36-21-18-15-12-9-6-3)65-59(62)53-50-47-44-41-38-35-33-30-27-25-23-20-17-14-11-8-5-2/h7-8,10-11,15-20,24-27,29,31,34,37,43,46,56H,4-6,9,12-14,21-23,28,30,32-33,35-36,38-42,44-45,47-55H2,1-3H3/b10-7-,11-8-,18-15-,19-16-,20-17-,26-24-,27-25-,31-29-,37-34-,46-43-. The van der Waals surface area contributed by atoms with E-state index in [4.69, 9.17) is 14.2 Å². The molecule has 1 atom stereocenters. The van der Waals surface area contributed by atoms with E-state index in [1.54, 1.807) is 0 Å². The highest BCUT2D eigenvalue weighted by molar-refractivity contribution is 5.71. The molecule has 0 N–H and O–H groups in total. The van der Waals surface area contributed by atoms with Gasteiger partial charge in [0.05, 0.1) is 0 Å². The highest BCUT2D eigenvalue weighted by atomic mass is 16.6. The number of carbonyl (C=O) groups is 3. The third-order valence-electron chi connectivity index (χ3n) is 10.4. The first-order chi connectivity index (χ1) is 32.0. The van der Waals surface area contributed by atoms with Gasteiger partial charge in [0.1, 0.15) is 13.2 Å². The van der Waals surface area contributed by atoms with E-state index in [0.29, 0.717) is 19.3 Å². The van der Waals surface area contributed by atoms with Crippen molar-refractivity contribution in [2.75, 3.05) is 13.2 Å². The van der Waals surface area contributed by atoms with Gasteiger partial charge in [-0.15, -0.1) is 0 Å². The predicted octanol–water partition coefficient (Wildman–Crippen LogP) is 17.3. The molecular weight excluding hydrogens is 805 g/mol. The molecule has 0 aliphatic rings. The van der Waals surface area contributed by atoms with Gasteiger partial charge in [-0.05, 0) is 109 Å². The van der Waals surface area contributed by atoms with Gasteiger partial charge in [-0.25, -0.2) is 0 Å². The Morgan fingerprint density at radius 1 is 0.323 bits per heavy atom. The molecule has 0 rings (SSSR count). The van der Waals surface area contributed by atoms with Crippen molar-refractivity contribution in [2.24, 2.45) is 0 Å². The second-order valence-corrected chi connectivity index (χ2v) is 16.7. The Bertz CT molecular complexity index is 1400. The van der Waals surface area contributed by atoms with Crippen LogP contribution in [0.3, 0.4) is 0 Å². The van der Waals surface area contributed by atoms with Crippen molar-refractivity contribution in [1.82, 2.24) is 0 Å². The summed E-state index contributed by atoms with van der Waals surface area (Å²) in [4.78, 5) is 37.9. The number of ether oxygens (including phenoxy) is 3. The van der Waals surface area contributed by atoms with E-state index in [0.717, 1.165) is 122 Å². The van der Waals surface area contributed by atoms with Crippen LogP contribution < -0.4 is 0 Å². The van der Waals surface area contributed by atoms with E-state index in [1.807, 2.05) is 12.2 Å². The van der Waals surface area contributed by atoms with Gasteiger partial charge in [-0.1, -0.05) is 206 Å². The molecule has 0 amide bonds. The fourth-order valence-corrected chi connectivity index (χ4v) is 6.58. The van der Waals surface area contributed by atoms with Crippen molar-refractivity contribution in [3.8, 4) is 0 Å². The molecule has 366 valence electrons. The van der Waals surface area contributed by atoms with Crippen molar-refractivity contribution in [2.45, 2.75) is 219 Å². The summed E-state index contributed by atoms with van der Waals surface area (Å²) in [5, 5.41) is 0. The maximum Gasteiger partial charge on any atom is 0.306 e. The Morgan fingerprint density at radius 2 is 0.631 bits per heavy atom. The number of hydrogen-bond acceptors (Lipinski definition) is 6. The first-order valence-corrected chi connectivity index (χ1v) is 26.0. The third-order valence-corrected chi connectivity index (χ3v) is 10.4. The maximum absolute atomic E-state index is 12.8. The molecule has 0 aromatic carbocycles. The van der Waals surface area contributed by atoms with Crippen molar-refractivity contribution < 1.29 is 28.6 Å². The van der Waals surface area contributed by atoms with Crippen molar-refractivity contribution >= 4 is 17.9 Å². The second kappa shape index (κ2) is 52.4. The van der Waals surface area contributed by atoms with E-state index in [-0.39, 0.29) is 37.5 Å². The molecule has 0 aliphatic carbocycles. The molecule has 0 radical (unpaired) electrons. The quantitative estimate of drug-likeness (QED) is 0.0262. The topological polar surface area (TPSA) is 78.9 Å². The minimum absolute atomic E-state index is 0.113. The largest absolute Gasteiger partial charge is 0.462 e. The van der Waals surface area contributed by atoms with Crippen LogP contribution in [0.5, 0.6) is 0 Å². The van der Waals surface area contributed by atoms with Crippen molar-refractivity contribution in [3.05, 3.63) is 122 Å². The Balaban J connectivity index is 4.52. The van der Waals surface area contributed by atoms with E-state index in [2.05, 4.69) is 130 Å². The zero-order valence-electron chi connectivity index (χ0n) is 41.7. The fraction of sp³-hybridized carbons (Fsp3) is 0.610. The zero-order chi connectivity index (χ0) is 47.2. The van der Waals surface area contributed by atoms with Crippen LogP contribution in [0.2, 0.25) is 0 Å². The van der Waals surface area contributed by atoms with Crippen LogP contribution >= 0.6 is 0 Å². The van der Waals surface area contributed by atoms with Gasteiger partial charge < -0.3 is 14.2 Å². The van der Waals surface area contributed by atoms with Crippen LogP contribution in [-0.2, 0) is 28.6 Å². The molecular formula is C59H94O6. The molecule has 65 heavy (non-hydrogen) atoms. The molecule has 1 unspecified atom stereocenters. The minimum Gasteiger partial charge on any atom is -0.462 e. The van der Waals surface area contributed by atoms with Gasteiger partial charge in [-0.2, -0.15) is 0 Å². The molecule has 0 saturated carbocycles. The number of carbonyl (C=O) groups excluding carboxylic acids is 3. The monoisotopic (exact) mass is 899 g/mol. The number of rotatable bonds is 45. The maximum atomic E-state index is 12.8. The normalized spacial score (nSPS) is 13.1. The van der Waals surface area contributed by atoms with Gasteiger partial charge in [0.2, 0.25) is 0 Å². The lowest BCUT2D eigenvalue weighted by Crippen LogP contribution is -2.30. The van der Waals surface area contributed by atoms with Crippen molar-refractivity contribution in [3.63, 3.8) is 0 Å². The van der Waals surface area contributed by atoms with Crippen LogP contribution in [0.4, 0.5) is 0 Å². The Kier molecular flexibility index (Phi) is 49.1. The summed E-state index contributed by atoms with van der Waals surface area (Å²) in [6, 6.07) is 0. The van der Waals surface area contributed by atoms with Crippen molar-refractivity contribution in [1.29, 1.82) is 0 Å². The number of allylic oxidation sites excluding steroid dienone is 20. The van der Waals surface area contributed by atoms with Gasteiger partial charge in [0.25, 0.3) is 0 Å². The summed E-state index contributed by atoms with van der Waals surface area (Å²) in [7, 11) is 0. The van der Waals surface area contributed by atoms with Gasteiger partial charge in [0, 0.05) is 19.3 Å². The Labute approximate surface area is 399 Å². The lowest BCUT2D eigenvalue weighted by Gasteiger charge is -2.18. The number of hydrogen-bond donors (Lipinski definition) is 0. The molecule has 0 heterocycles. The average Bonchev–Trinajstić information content (AvgIpc) is 3.30. The first-order valence-electron chi connectivity index (χ1n) is 26.0. The highest BCUT2D eigenvalue weighted by Gasteiger charge is 2.19. The molecule has 6 nitrogen and oxygen atoms in total. The summed E-state index contributed by atoms with van der Waals surface area (Å²) in [5.74, 6) is -1.03. The average molecular weight is 899 g/mol. The summed E-state index contributed by atoms with van der Waals surface area (Å²) >= 11 is 0. The SMILES string of the molecule is CC/C=C\C/C=C\C/C=C\C/C=C\C/C=C\C/C=C\CCC(=O)OCC(COC(=O)CCCCCCC/C=C\CCCC)OC(=O)CCCCCCCCC/C=C\C/C=C\C/C=C\CC. The van der Waals surface area contributed by atoms with E-state index in [1.165, 1.54) is 44.9 Å². The first kappa shape index (κ1) is 60.8. The lowest BCUT2D eigenvalue weighted by atomic mass is 10.1. The fourth-order valence-electron chi connectivity index (χ4n) is 6.58. The summed E-state index contributed by atoms with van der Waals surface area (Å²) < 4.78 is 16.7. The second-order valence-electron chi connectivity index (χ2n) is 16.7. The molecule has 6 heteroatoms.